The molecule has 2 N–H and O–H groups in total. The molecule has 152 valence electrons. The van der Waals surface area contributed by atoms with Crippen molar-refractivity contribution in [3.05, 3.63) is 35.6 Å². The number of nitrogens with one attached hydrogen (secondary N) is 2. The topological polar surface area (TPSA) is 66.0 Å². The van der Waals surface area contributed by atoms with Gasteiger partial charge in [-0.25, -0.2) is 4.39 Å². The standard InChI is InChI=1S/C19H29FN4O2.HI/c1-13-10-24(11-16(26-13)14-6-8-15(20)9-7-14)18(22-5)23-12-19(2,3)17(25)21-4;/h6-9,13,16H,10-12H2,1-5H3,(H,21,25)(H,22,23);1H. The second kappa shape index (κ2) is 10.2. The van der Waals surface area contributed by atoms with Crippen LogP contribution in [0.15, 0.2) is 29.3 Å². The molecular formula is C19H30FIN4O2. The van der Waals surface area contributed by atoms with Crippen LogP contribution in [0.1, 0.15) is 32.4 Å². The largest absolute Gasteiger partial charge is 0.367 e. The SMILES string of the molecule is CN=C(NCC(C)(C)C(=O)NC)N1CC(C)OC(c2ccc(F)cc2)C1.I. The van der Waals surface area contributed by atoms with Gasteiger partial charge in [0.25, 0.3) is 0 Å². The first-order valence-corrected chi connectivity index (χ1v) is 8.85. The highest BCUT2D eigenvalue weighted by atomic mass is 127. The third-order valence-corrected chi connectivity index (χ3v) is 4.54. The molecule has 0 aliphatic carbocycles. The van der Waals surface area contributed by atoms with Crippen molar-refractivity contribution in [1.82, 2.24) is 15.5 Å². The predicted octanol–water partition coefficient (Wildman–Crippen LogP) is 2.55. The highest BCUT2D eigenvalue weighted by Gasteiger charge is 2.31. The second-order valence-electron chi connectivity index (χ2n) is 7.26. The van der Waals surface area contributed by atoms with Gasteiger partial charge in [-0.1, -0.05) is 12.1 Å². The number of ether oxygens (including phenoxy) is 1. The fraction of sp³-hybridized carbons (Fsp3) is 0.579. The molecule has 1 saturated heterocycles. The Morgan fingerprint density at radius 3 is 2.52 bits per heavy atom. The molecule has 2 rings (SSSR count). The maximum atomic E-state index is 13.2. The van der Waals surface area contributed by atoms with Crippen LogP contribution in [0.25, 0.3) is 0 Å². The minimum Gasteiger partial charge on any atom is -0.367 e. The summed E-state index contributed by atoms with van der Waals surface area (Å²) in [7, 11) is 3.36. The van der Waals surface area contributed by atoms with E-state index in [4.69, 9.17) is 4.74 Å². The third-order valence-electron chi connectivity index (χ3n) is 4.54. The number of hydrogen-bond donors (Lipinski definition) is 2. The third kappa shape index (κ3) is 6.31. The van der Waals surface area contributed by atoms with E-state index in [9.17, 15) is 9.18 Å². The van der Waals surface area contributed by atoms with Gasteiger partial charge in [0.2, 0.25) is 5.91 Å². The van der Waals surface area contributed by atoms with Crippen molar-refractivity contribution in [2.45, 2.75) is 33.0 Å². The van der Waals surface area contributed by atoms with Gasteiger partial charge in [0.15, 0.2) is 5.96 Å². The summed E-state index contributed by atoms with van der Waals surface area (Å²) in [6.45, 7) is 7.54. The summed E-state index contributed by atoms with van der Waals surface area (Å²) in [5, 5.41) is 5.98. The predicted molar refractivity (Wildman–Crippen MR) is 116 cm³/mol. The minimum absolute atomic E-state index is 0. The zero-order chi connectivity index (χ0) is 19.3. The first-order chi connectivity index (χ1) is 12.3. The van der Waals surface area contributed by atoms with Gasteiger partial charge in [0.05, 0.1) is 18.1 Å². The van der Waals surface area contributed by atoms with Crippen molar-refractivity contribution in [2.24, 2.45) is 10.4 Å². The molecule has 1 amide bonds. The van der Waals surface area contributed by atoms with Gasteiger partial charge in [-0.05, 0) is 38.5 Å². The molecule has 8 heteroatoms. The Kier molecular flexibility index (Phi) is 8.93. The van der Waals surface area contributed by atoms with Gasteiger partial charge in [-0.15, -0.1) is 24.0 Å². The van der Waals surface area contributed by atoms with Crippen LogP contribution >= 0.6 is 24.0 Å². The summed E-state index contributed by atoms with van der Waals surface area (Å²) in [6, 6.07) is 6.39. The number of rotatable bonds is 4. The van der Waals surface area contributed by atoms with E-state index >= 15 is 0 Å². The van der Waals surface area contributed by atoms with E-state index in [0.29, 0.717) is 19.6 Å². The lowest BCUT2D eigenvalue weighted by atomic mass is 9.92. The smallest absolute Gasteiger partial charge is 0.227 e. The van der Waals surface area contributed by atoms with E-state index < -0.39 is 5.41 Å². The summed E-state index contributed by atoms with van der Waals surface area (Å²) < 4.78 is 19.2. The first kappa shape index (κ1) is 23.6. The van der Waals surface area contributed by atoms with Crippen molar-refractivity contribution in [3.8, 4) is 0 Å². The Bertz CT molecular complexity index is 652. The van der Waals surface area contributed by atoms with Crippen LogP contribution in [-0.4, -0.2) is 56.6 Å². The van der Waals surface area contributed by atoms with Crippen LogP contribution in [0.5, 0.6) is 0 Å². The van der Waals surface area contributed by atoms with Crippen LogP contribution in [-0.2, 0) is 9.53 Å². The van der Waals surface area contributed by atoms with E-state index in [2.05, 4.69) is 20.5 Å². The molecule has 1 aromatic rings. The van der Waals surface area contributed by atoms with Crippen molar-refractivity contribution >= 4 is 35.8 Å². The number of carbonyl (C=O) groups is 1. The zero-order valence-electron chi connectivity index (χ0n) is 16.6. The number of carbonyl (C=O) groups excluding carboxylic acids is 1. The number of guanidine groups is 1. The van der Waals surface area contributed by atoms with E-state index in [1.165, 1.54) is 12.1 Å². The molecule has 0 spiro atoms. The number of aliphatic imine (C=N–C) groups is 1. The van der Waals surface area contributed by atoms with E-state index in [1.807, 2.05) is 20.8 Å². The van der Waals surface area contributed by atoms with Crippen LogP contribution in [0.3, 0.4) is 0 Å². The number of hydrogen-bond acceptors (Lipinski definition) is 3. The van der Waals surface area contributed by atoms with Crippen molar-refractivity contribution in [2.75, 3.05) is 33.7 Å². The average Bonchev–Trinajstić information content (AvgIpc) is 2.61. The van der Waals surface area contributed by atoms with E-state index in [1.54, 1.807) is 26.2 Å². The average molecular weight is 492 g/mol. The molecular weight excluding hydrogens is 462 g/mol. The molecule has 6 nitrogen and oxygen atoms in total. The molecule has 1 aliphatic heterocycles. The molecule has 2 atom stereocenters. The first-order valence-electron chi connectivity index (χ1n) is 8.85. The van der Waals surface area contributed by atoms with Crippen LogP contribution < -0.4 is 10.6 Å². The van der Waals surface area contributed by atoms with E-state index in [-0.39, 0.29) is 47.9 Å². The second-order valence-corrected chi connectivity index (χ2v) is 7.26. The highest BCUT2D eigenvalue weighted by molar-refractivity contribution is 14.0. The van der Waals surface area contributed by atoms with Crippen LogP contribution in [0.4, 0.5) is 4.39 Å². The zero-order valence-corrected chi connectivity index (χ0v) is 18.9. The molecule has 2 unspecified atom stereocenters. The number of benzene rings is 1. The summed E-state index contributed by atoms with van der Waals surface area (Å²) in [4.78, 5) is 18.4. The molecule has 1 fully saturated rings. The Morgan fingerprint density at radius 1 is 1.33 bits per heavy atom. The molecule has 1 aromatic carbocycles. The summed E-state index contributed by atoms with van der Waals surface area (Å²) in [6.07, 6.45) is -0.158. The highest BCUT2D eigenvalue weighted by Crippen LogP contribution is 2.25. The van der Waals surface area contributed by atoms with E-state index in [0.717, 1.165) is 11.5 Å². The molecule has 0 radical (unpaired) electrons. The van der Waals surface area contributed by atoms with Crippen molar-refractivity contribution in [1.29, 1.82) is 0 Å². The maximum absolute atomic E-state index is 13.2. The molecule has 0 bridgehead atoms. The minimum atomic E-state index is -0.557. The van der Waals surface area contributed by atoms with Gasteiger partial charge in [-0.3, -0.25) is 9.79 Å². The summed E-state index contributed by atoms with van der Waals surface area (Å²) >= 11 is 0. The Balaban J connectivity index is 0.00000364. The quantitative estimate of drug-likeness (QED) is 0.386. The lowest BCUT2D eigenvalue weighted by Crippen LogP contribution is -2.53. The molecule has 27 heavy (non-hydrogen) atoms. The van der Waals surface area contributed by atoms with Crippen molar-refractivity contribution < 1.29 is 13.9 Å². The maximum Gasteiger partial charge on any atom is 0.227 e. The van der Waals surface area contributed by atoms with Crippen LogP contribution in [0.2, 0.25) is 0 Å². The Labute approximate surface area is 178 Å². The fourth-order valence-electron chi connectivity index (χ4n) is 3.04. The normalized spacial score (nSPS) is 20.7. The fourth-order valence-corrected chi connectivity index (χ4v) is 3.04. The van der Waals surface area contributed by atoms with Crippen molar-refractivity contribution in [3.63, 3.8) is 0 Å². The van der Waals surface area contributed by atoms with Gasteiger partial charge in [0.1, 0.15) is 11.9 Å². The van der Waals surface area contributed by atoms with Crippen LogP contribution in [0, 0.1) is 11.2 Å². The molecule has 1 aliphatic rings. The summed E-state index contributed by atoms with van der Waals surface area (Å²) in [5.41, 5.74) is 0.378. The lowest BCUT2D eigenvalue weighted by Gasteiger charge is -2.39. The van der Waals surface area contributed by atoms with Gasteiger partial charge >= 0.3 is 0 Å². The number of morpholine rings is 1. The number of halogens is 2. The Hall–Kier alpha value is -1.42. The number of nitrogens with zero attached hydrogens (tertiary/aromatic N) is 2. The lowest BCUT2D eigenvalue weighted by molar-refractivity contribution is -0.128. The monoisotopic (exact) mass is 492 g/mol. The summed E-state index contributed by atoms with van der Waals surface area (Å²) in [5.74, 6) is 0.438. The van der Waals surface area contributed by atoms with Gasteiger partial charge in [0, 0.05) is 27.2 Å². The molecule has 0 aromatic heterocycles. The Morgan fingerprint density at radius 2 is 1.96 bits per heavy atom. The molecule has 1 heterocycles. The van der Waals surface area contributed by atoms with Gasteiger partial charge < -0.3 is 20.3 Å². The van der Waals surface area contributed by atoms with Gasteiger partial charge in [-0.2, -0.15) is 0 Å². The molecule has 0 saturated carbocycles. The number of amides is 1.